The van der Waals surface area contributed by atoms with E-state index in [-0.39, 0.29) is 0 Å². The molecule has 4 nitrogen and oxygen atoms in total. The standard InChI is InChI=1S/C36H22N4S/c1-2-11-23(12-3-1)39-22-21-29-34(39)33(28-17-10-16-27-26-15-6-9-20-32(26)41-35(27)28)38-36(37-29)40-30-18-7-4-13-24(30)25-14-5-8-19-31(25)40/h1-22H. The predicted octanol–water partition coefficient (Wildman–Crippen LogP) is 9.55. The predicted molar refractivity (Wildman–Crippen MR) is 172 cm³/mol. The normalized spacial score (nSPS) is 11.9. The van der Waals surface area contributed by atoms with E-state index in [2.05, 4.69) is 137 Å². The third-order valence-electron chi connectivity index (χ3n) is 8.00. The Hall–Kier alpha value is -5.26. The molecule has 4 aromatic heterocycles. The number of para-hydroxylation sites is 3. The van der Waals surface area contributed by atoms with E-state index >= 15 is 0 Å². The summed E-state index contributed by atoms with van der Waals surface area (Å²) in [5.41, 5.74) is 7.25. The highest BCUT2D eigenvalue weighted by molar-refractivity contribution is 7.26. The van der Waals surface area contributed by atoms with Crippen molar-refractivity contribution < 1.29 is 0 Å². The Balaban J connectivity index is 1.43. The molecule has 5 heteroatoms. The minimum atomic E-state index is 0.675. The molecule has 0 radical (unpaired) electrons. The van der Waals surface area contributed by atoms with Gasteiger partial charge in [-0.1, -0.05) is 91.0 Å². The number of aromatic nitrogens is 4. The van der Waals surface area contributed by atoms with Crippen LogP contribution in [0.5, 0.6) is 0 Å². The first-order valence-corrected chi connectivity index (χ1v) is 14.5. The Labute approximate surface area is 239 Å². The fraction of sp³-hybridized carbons (Fsp3) is 0. The van der Waals surface area contributed by atoms with E-state index in [1.807, 2.05) is 17.4 Å². The zero-order valence-electron chi connectivity index (χ0n) is 21.9. The van der Waals surface area contributed by atoms with Crippen LogP contribution in [0.2, 0.25) is 0 Å². The highest BCUT2D eigenvalue weighted by atomic mass is 32.1. The van der Waals surface area contributed by atoms with Crippen molar-refractivity contribution in [2.75, 3.05) is 0 Å². The molecule has 0 aliphatic rings. The highest BCUT2D eigenvalue weighted by Crippen LogP contribution is 2.42. The number of rotatable bonds is 3. The number of fused-ring (bicyclic) bond motifs is 7. The number of hydrogen-bond donors (Lipinski definition) is 0. The lowest BCUT2D eigenvalue weighted by atomic mass is 10.1. The third-order valence-corrected chi connectivity index (χ3v) is 9.22. The van der Waals surface area contributed by atoms with Crippen molar-refractivity contribution >= 4 is 64.3 Å². The summed E-state index contributed by atoms with van der Waals surface area (Å²) in [6.45, 7) is 0. The largest absolute Gasteiger partial charge is 0.313 e. The molecule has 9 rings (SSSR count). The maximum absolute atomic E-state index is 5.43. The Bertz CT molecular complexity index is 2370. The van der Waals surface area contributed by atoms with Gasteiger partial charge in [0.25, 0.3) is 0 Å². The summed E-state index contributed by atoms with van der Waals surface area (Å²) in [7, 11) is 0. The fourth-order valence-corrected chi connectivity index (χ4v) is 7.41. The summed E-state index contributed by atoms with van der Waals surface area (Å²) in [5.74, 6) is 0.675. The van der Waals surface area contributed by atoms with Crippen LogP contribution in [0.1, 0.15) is 0 Å². The molecule has 0 unspecified atom stereocenters. The first kappa shape index (κ1) is 22.5. The Morgan fingerprint density at radius 3 is 1.98 bits per heavy atom. The second-order valence-electron chi connectivity index (χ2n) is 10.3. The number of thiophene rings is 1. The summed E-state index contributed by atoms with van der Waals surface area (Å²) in [4.78, 5) is 10.6. The second kappa shape index (κ2) is 8.62. The van der Waals surface area contributed by atoms with Crippen molar-refractivity contribution in [1.82, 2.24) is 19.1 Å². The van der Waals surface area contributed by atoms with Gasteiger partial charge in [-0.25, -0.2) is 9.97 Å². The van der Waals surface area contributed by atoms with Crippen LogP contribution < -0.4 is 0 Å². The van der Waals surface area contributed by atoms with Crippen LogP contribution in [0.25, 0.3) is 75.9 Å². The molecule has 0 bridgehead atoms. The van der Waals surface area contributed by atoms with Gasteiger partial charge < -0.3 is 4.57 Å². The molecule has 0 aliphatic carbocycles. The molecule has 0 atom stereocenters. The van der Waals surface area contributed by atoms with E-state index in [1.165, 1.54) is 30.9 Å². The van der Waals surface area contributed by atoms with Crippen molar-refractivity contribution in [3.05, 3.63) is 134 Å². The first-order chi connectivity index (χ1) is 20.3. The zero-order chi connectivity index (χ0) is 26.9. The van der Waals surface area contributed by atoms with Crippen molar-refractivity contribution in [1.29, 1.82) is 0 Å². The quantitative estimate of drug-likeness (QED) is 0.223. The highest BCUT2D eigenvalue weighted by Gasteiger charge is 2.21. The lowest BCUT2D eigenvalue weighted by molar-refractivity contribution is 1.01. The number of benzene rings is 5. The van der Waals surface area contributed by atoms with E-state index in [4.69, 9.17) is 9.97 Å². The molecule has 9 aromatic rings. The maximum Gasteiger partial charge on any atom is 0.235 e. The average Bonchev–Trinajstić information content (AvgIpc) is 3.73. The van der Waals surface area contributed by atoms with Gasteiger partial charge in [-0.05, 0) is 36.4 Å². The van der Waals surface area contributed by atoms with Crippen LogP contribution in [0.4, 0.5) is 0 Å². The second-order valence-corrected chi connectivity index (χ2v) is 11.3. The molecule has 0 spiro atoms. The minimum absolute atomic E-state index is 0.675. The van der Waals surface area contributed by atoms with E-state index in [0.29, 0.717) is 5.95 Å². The molecule has 5 aromatic carbocycles. The topological polar surface area (TPSA) is 35.6 Å². The van der Waals surface area contributed by atoms with Crippen LogP contribution in [-0.4, -0.2) is 19.1 Å². The molecule has 0 amide bonds. The first-order valence-electron chi connectivity index (χ1n) is 13.7. The summed E-state index contributed by atoms with van der Waals surface area (Å²) >= 11 is 1.83. The molecule has 0 saturated heterocycles. The van der Waals surface area contributed by atoms with Gasteiger partial charge in [0.2, 0.25) is 5.95 Å². The Morgan fingerprint density at radius 2 is 1.20 bits per heavy atom. The van der Waals surface area contributed by atoms with Gasteiger partial charge in [-0.2, -0.15) is 0 Å². The van der Waals surface area contributed by atoms with Crippen molar-refractivity contribution in [3.8, 4) is 22.9 Å². The molecule has 4 heterocycles. The van der Waals surface area contributed by atoms with E-state index < -0.39 is 0 Å². The van der Waals surface area contributed by atoms with E-state index in [9.17, 15) is 0 Å². The summed E-state index contributed by atoms with van der Waals surface area (Å²) in [6.07, 6.45) is 2.11. The van der Waals surface area contributed by atoms with Gasteiger partial charge in [-0.3, -0.25) is 4.57 Å². The molecular formula is C36H22N4S. The van der Waals surface area contributed by atoms with Gasteiger partial charge in [-0.15, -0.1) is 11.3 Å². The SMILES string of the molecule is c1ccc(-n2ccc3nc(-n4c5ccccc5c5ccccc54)nc(-c4cccc5c4sc4ccccc45)c32)cc1. The van der Waals surface area contributed by atoms with Crippen molar-refractivity contribution in [3.63, 3.8) is 0 Å². The summed E-state index contributed by atoms with van der Waals surface area (Å²) in [5, 5.41) is 4.93. The molecule has 41 heavy (non-hydrogen) atoms. The van der Waals surface area contributed by atoms with Crippen LogP contribution in [-0.2, 0) is 0 Å². The van der Waals surface area contributed by atoms with Crippen molar-refractivity contribution in [2.24, 2.45) is 0 Å². The third kappa shape index (κ3) is 3.27. The lowest BCUT2D eigenvalue weighted by Crippen LogP contribution is -2.04. The number of hydrogen-bond acceptors (Lipinski definition) is 3. The van der Waals surface area contributed by atoms with Crippen LogP contribution >= 0.6 is 11.3 Å². The van der Waals surface area contributed by atoms with Crippen LogP contribution in [0.15, 0.2) is 134 Å². The Morgan fingerprint density at radius 1 is 0.537 bits per heavy atom. The van der Waals surface area contributed by atoms with Gasteiger partial charge in [0.05, 0.1) is 22.1 Å². The average molecular weight is 543 g/mol. The Kier molecular flexibility index (Phi) is 4.74. The molecule has 0 fully saturated rings. The summed E-state index contributed by atoms with van der Waals surface area (Å²) < 4.78 is 6.94. The van der Waals surface area contributed by atoms with Gasteiger partial charge in [0.15, 0.2) is 0 Å². The van der Waals surface area contributed by atoms with Crippen LogP contribution in [0.3, 0.4) is 0 Å². The number of nitrogens with zero attached hydrogens (tertiary/aromatic N) is 4. The molecule has 0 aliphatic heterocycles. The maximum atomic E-state index is 5.43. The molecule has 192 valence electrons. The van der Waals surface area contributed by atoms with E-state index in [0.717, 1.165) is 39.0 Å². The van der Waals surface area contributed by atoms with Gasteiger partial charge in [0, 0.05) is 48.4 Å². The summed E-state index contributed by atoms with van der Waals surface area (Å²) in [6, 6.07) is 44.8. The fourth-order valence-electron chi connectivity index (χ4n) is 6.20. The smallest absolute Gasteiger partial charge is 0.235 e. The molecule has 0 saturated carbocycles. The monoisotopic (exact) mass is 542 g/mol. The molecule has 0 N–H and O–H groups in total. The zero-order valence-corrected chi connectivity index (χ0v) is 22.7. The van der Waals surface area contributed by atoms with Crippen molar-refractivity contribution in [2.45, 2.75) is 0 Å². The lowest BCUT2D eigenvalue weighted by Gasteiger charge is -2.13. The van der Waals surface area contributed by atoms with Gasteiger partial charge in [0.1, 0.15) is 5.69 Å². The molecular weight excluding hydrogens is 520 g/mol. The van der Waals surface area contributed by atoms with Gasteiger partial charge >= 0.3 is 0 Å². The minimum Gasteiger partial charge on any atom is -0.313 e. The van der Waals surface area contributed by atoms with E-state index in [1.54, 1.807) is 0 Å². The van der Waals surface area contributed by atoms with Crippen LogP contribution in [0, 0.1) is 0 Å².